The molecule has 2 aliphatic carbocycles. The van der Waals surface area contributed by atoms with Crippen molar-refractivity contribution in [1.29, 1.82) is 0 Å². The topological polar surface area (TPSA) is 9.23 Å². The molecule has 0 aliphatic heterocycles. The van der Waals surface area contributed by atoms with Gasteiger partial charge >= 0.3 is 0 Å². The maximum Gasteiger partial charge on any atom is 0.119 e. The molecule has 1 nitrogen and oxygen atoms in total. The molecule has 0 saturated heterocycles. The molecule has 72 valence electrons. The molecular weight excluding hydrogens is 172 g/mol. The molecule has 0 amide bonds. The van der Waals surface area contributed by atoms with Crippen molar-refractivity contribution in [3.63, 3.8) is 0 Å². The van der Waals surface area contributed by atoms with Gasteiger partial charge in [-0.3, -0.25) is 0 Å². The Morgan fingerprint density at radius 1 is 1.29 bits per heavy atom. The Kier molecular flexibility index (Phi) is 1.52. The van der Waals surface area contributed by atoms with Gasteiger partial charge < -0.3 is 4.74 Å². The highest BCUT2D eigenvalue weighted by Gasteiger charge is 2.35. The molecule has 0 fully saturated rings. The van der Waals surface area contributed by atoms with E-state index in [4.69, 9.17) is 4.74 Å². The van der Waals surface area contributed by atoms with Crippen molar-refractivity contribution in [1.82, 2.24) is 0 Å². The van der Waals surface area contributed by atoms with Crippen LogP contribution in [0.4, 0.5) is 0 Å². The third-order valence-corrected chi connectivity index (χ3v) is 3.57. The minimum atomic E-state index is 0.671. The fourth-order valence-electron chi connectivity index (χ4n) is 2.85. The predicted molar refractivity (Wildman–Crippen MR) is 56.9 cm³/mol. The molecule has 3 rings (SSSR count). The second-order valence-electron chi connectivity index (χ2n) is 4.30. The number of hydrogen-bond acceptors (Lipinski definition) is 1. The van der Waals surface area contributed by atoms with Crippen LogP contribution in [0.15, 0.2) is 29.8 Å². The van der Waals surface area contributed by atoms with E-state index in [1.807, 2.05) is 0 Å². The molecule has 2 aliphatic rings. The number of allylic oxidation sites excluding steroid dienone is 2. The minimum absolute atomic E-state index is 0.671. The van der Waals surface area contributed by atoms with E-state index in [1.54, 1.807) is 7.11 Å². The number of rotatable bonds is 1. The zero-order chi connectivity index (χ0) is 9.71. The summed E-state index contributed by atoms with van der Waals surface area (Å²) in [6.45, 7) is 2.24. The van der Waals surface area contributed by atoms with Gasteiger partial charge in [0.25, 0.3) is 0 Å². The first-order valence-corrected chi connectivity index (χ1v) is 5.15. The first kappa shape index (κ1) is 8.10. The molecule has 0 aromatic heterocycles. The molecule has 0 unspecified atom stereocenters. The summed E-state index contributed by atoms with van der Waals surface area (Å²) in [4.78, 5) is 0. The van der Waals surface area contributed by atoms with Crippen LogP contribution in [-0.4, -0.2) is 7.11 Å². The zero-order valence-corrected chi connectivity index (χ0v) is 8.58. The van der Waals surface area contributed by atoms with E-state index in [0.29, 0.717) is 11.8 Å². The van der Waals surface area contributed by atoms with Crippen LogP contribution < -0.4 is 4.74 Å². The van der Waals surface area contributed by atoms with Crippen molar-refractivity contribution in [2.24, 2.45) is 0 Å². The molecule has 0 spiro atoms. The van der Waals surface area contributed by atoms with E-state index in [-0.39, 0.29) is 0 Å². The van der Waals surface area contributed by atoms with E-state index in [2.05, 4.69) is 31.2 Å². The van der Waals surface area contributed by atoms with Gasteiger partial charge in [0.2, 0.25) is 0 Å². The Labute approximate surface area is 84.4 Å². The first-order chi connectivity index (χ1) is 6.79. The fourth-order valence-corrected chi connectivity index (χ4v) is 2.85. The largest absolute Gasteiger partial charge is 0.497 e. The van der Waals surface area contributed by atoms with Gasteiger partial charge in [-0.1, -0.05) is 17.7 Å². The second kappa shape index (κ2) is 2.63. The van der Waals surface area contributed by atoms with E-state index in [9.17, 15) is 0 Å². The first-order valence-electron chi connectivity index (χ1n) is 5.15. The zero-order valence-electron chi connectivity index (χ0n) is 8.58. The minimum Gasteiger partial charge on any atom is -0.497 e. The Morgan fingerprint density at radius 2 is 2.14 bits per heavy atom. The van der Waals surface area contributed by atoms with Gasteiger partial charge in [0, 0.05) is 11.8 Å². The highest BCUT2D eigenvalue weighted by molar-refractivity contribution is 5.52. The van der Waals surface area contributed by atoms with E-state index < -0.39 is 0 Å². The average molecular weight is 186 g/mol. The normalized spacial score (nSPS) is 27.4. The Bertz CT molecular complexity index is 417. The molecule has 0 saturated carbocycles. The van der Waals surface area contributed by atoms with Gasteiger partial charge in [-0.2, -0.15) is 0 Å². The van der Waals surface area contributed by atoms with Crippen LogP contribution in [0.2, 0.25) is 0 Å². The quantitative estimate of drug-likeness (QED) is 0.612. The lowest BCUT2D eigenvalue weighted by molar-refractivity contribution is 0.414. The summed E-state index contributed by atoms with van der Waals surface area (Å²) in [6.07, 6.45) is 3.70. The van der Waals surface area contributed by atoms with Crippen molar-refractivity contribution in [2.75, 3.05) is 7.11 Å². The predicted octanol–water partition coefficient (Wildman–Crippen LogP) is 3.23. The Morgan fingerprint density at radius 3 is 2.93 bits per heavy atom. The van der Waals surface area contributed by atoms with Crippen LogP contribution in [0.3, 0.4) is 0 Å². The second-order valence-corrected chi connectivity index (χ2v) is 4.30. The standard InChI is InChI=1S/C13H14O/c1-8-5-9-6-12(8)13-7-10(14-2)3-4-11(9)13/h3-5,7,9,12H,6H2,1-2H3/t9-,12+/m1/s1. The fraction of sp³-hybridized carbons (Fsp3) is 0.385. The summed E-state index contributed by atoms with van der Waals surface area (Å²) < 4.78 is 5.26. The summed E-state index contributed by atoms with van der Waals surface area (Å²) in [5, 5.41) is 0. The lowest BCUT2D eigenvalue weighted by Gasteiger charge is -2.15. The number of benzene rings is 1. The highest BCUT2D eigenvalue weighted by Crippen LogP contribution is 2.52. The SMILES string of the molecule is COc1ccc2c(c1)[C@H]1C[C@H]2C=C1C. The van der Waals surface area contributed by atoms with Gasteiger partial charge in [0.05, 0.1) is 7.11 Å². The van der Waals surface area contributed by atoms with Crippen molar-refractivity contribution in [3.05, 3.63) is 41.0 Å². The van der Waals surface area contributed by atoms with Crippen molar-refractivity contribution in [2.45, 2.75) is 25.2 Å². The van der Waals surface area contributed by atoms with Gasteiger partial charge in [-0.05, 0) is 36.6 Å². The molecule has 1 aromatic carbocycles. The lowest BCUT2D eigenvalue weighted by Crippen LogP contribution is -1.97. The summed E-state index contributed by atoms with van der Waals surface area (Å²) >= 11 is 0. The van der Waals surface area contributed by atoms with Gasteiger partial charge in [-0.15, -0.1) is 0 Å². The lowest BCUT2D eigenvalue weighted by atomic mass is 9.92. The number of ether oxygens (including phenoxy) is 1. The Balaban J connectivity index is 2.13. The number of methoxy groups -OCH3 is 1. The van der Waals surface area contributed by atoms with Crippen molar-refractivity contribution < 1.29 is 4.74 Å². The summed E-state index contributed by atoms with van der Waals surface area (Å²) in [7, 11) is 1.73. The van der Waals surface area contributed by atoms with Crippen LogP contribution in [0.5, 0.6) is 5.75 Å². The molecule has 1 heteroatoms. The molecule has 2 bridgehead atoms. The molecular formula is C13H14O. The van der Waals surface area contributed by atoms with Crippen molar-refractivity contribution in [3.8, 4) is 5.75 Å². The smallest absolute Gasteiger partial charge is 0.119 e. The number of fused-ring (bicyclic) bond motifs is 5. The summed E-state index contributed by atoms with van der Waals surface area (Å²) in [5.74, 6) is 2.34. The van der Waals surface area contributed by atoms with Gasteiger partial charge in [0.1, 0.15) is 5.75 Å². The van der Waals surface area contributed by atoms with E-state index in [1.165, 1.54) is 23.1 Å². The van der Waals surface area contributed by atoms with E-state index in [0.717, 1.165) is 5.75 Å². The summed E-state index contributed by atoms with van der Waals surface area (Å²) in [6, 6.07) is 6.50. The van der Waals surface area contributed by atoms with Crippen LogP contribution >= 0.6 is 0 Å². The molecule has 14 heavy (non-hydrogen) atoms. The molecule has 1 aromatic rings. The van der Waals surface area contributed by atoms with Gasteiger partial charge in [0.15, 0.2) is 0 Å². The molecule has 0 radical (unpaired) electrons. The van der Waals surface area contributed by atoms with Crippen molar-refractivity contribution >= 4 is 0 Å². The highest BCUT2D eigenvalue weighted by atomic mass is 16.5. The third-order valence-electron chi connectivity index (χ3n) is 3.57. The van der Waals surface area contributed by atoms with Crippen LogP contribution in [-0.2, 0) is 0 Å². The Hall–Kier alpha value is -1.24. The summed E-state index contributed by atoms with van der Waals surface area (Å²) in [5.41, 5.74) is 4.55. The van der Waals surface area contributed by atoms with Crippen LogP contribution in [0.25, 0.3) is 0 Å². The molecule has 0 N–H and O–H groups in total. The monoisotopic (exact) mass is 186 g/mol. The van der Waals surface area contributed by atoms with Crippen LogP contribution in [0, 0.1) is 0 Å². The van der Waals surface area contributed by atoms with Gasteiger partial charge in [-0.25, -0.2) is 0 Å². The maximum atomic E-state index is 5.26. The molecule has 2 atom stereocenters. The number of hydrogen-bond donors (Lipinski definition) is 0. The third kappa shape index (κ3) is 0.899. The van der Waals surface area contributed by atoms with E-state index >= 15 is 0 Å². The molecule has 0 heterocycles. The van der Waals surface area contributed by atoms with Crippen LogP contribution in [0.1, 0.15) is 36.3 Å². The maximum absolute atomic E-state index is 5.26. The average Bonchev–Trinajstić information content (AvgIpc) is 2.74.